The van der Waals surface area contributed by atoms with Crippen LogP contribution < -0.4 is 0 Å². The van der Waals surface area contributed by atoms with Crippen molar-refractivity contribution in [2.24, 2.45) is 0 Å². The first-order valence-corrected chi connectivity index (χ1v) is 7.15. The molecule has 1 aromatic carbocycles. The molecular formula is C16H24O6. The molecule has 0 heterocycles. The fraction of sp³-hybridized carbons (Fsp3) is 0.500. The summed E-state index contributed by atoms with van der Waals surface area (Å²) in [4.78, 5) is 18.0. The number of carboxylic acids is 2. The summed E-state index contributed by atoms with van der Waals surface area (Å²) in [6.07, 6.45) is 6.05. The molecule has 1 aliphatic carbocycles. The summed E-state index contributed by atoms with van der Waals surface area (Å²) in [5, 5.41) is 33.9. The fourth-order valence-corrected chi connectivity index (χ4v) is 2.28. The van der Waals surface area contributed by atoms with Crippen molar-refractivity contribution in [1.29, 1.82) is 0 Å². The van der Waals surface area contributed by atoms with Crippen LogP contribution in [-0.2, 0) is 9.59 Å². The first-order valence-electron chi connectivity index (χ1n) is 7.15. The quantitative estimate of drug-likeness (QED) is 0.591. The first kappa shape index (κ1) is 19.8. The molecule has 0 aromatic heterocycles. The summed E-state index contributed by atoms with van der Waals surface area (Å²) in [7, 11) is 0. The van der Waals surface area contributed by atoms with Crippen LogP contribution in [0.4, 0.5) is 0 Å². The summed E-state index contributed by atoms with van der Waals surface area (Å²) < 4.78 is 0. The van der Waals surface area contributed by atoms with Crippen molar-refractivity contribution in [1.82, 2.24) is 0 Å². The van der Waals surface area contributed by atoms with Crippen molar-refractivity contribution in [3.8, 4) is 11.5 Å². The zero-order valence-electron chi connectivity index (χ0n) is 13.0. The van der Waals surface area contributed by atoms with Crippen molar-refractivity contribution in [2.75, 3.05) is 0 Å². The average molecular weight is 312 g/mol. The summed E-state index contributed by atoms with van der Waals surface area (Å²) in [5.74, 6) is -0.645. The van der Waals surface area contributed by atoms with Crippen LogP contribution in [0.25, 0.3) is 0 Å². The van der Waals surface area contributed by atoms with Gasteiger partial charge in [-0.3, -0.25) is 9.59 Å². The Hall–Kier alpha value is -2.24. The molecule has 0 aliphatic heterocycles. The lowest BCUT2D eigenvalue weighted by molar-refractivity contribution is -0.135. The Morgan fingerprint density at radius 1 is 0.955 bits per heavy atom. The minimum atomic E-state index is -0.833. The van der Waals surface area contributed by atoms with E-state index in [4.69, 9.17) is 19.8 Å². The van der Waals surface area contributed by atoms with Gasteiger partial charge < -0.3 is 20.4 Å². The zero-order valence-corrected chi connectivity index (χ0v) is 13.0. The van der Waals surface area contributed by atoms with E-state index in [0.717, 1.165) is 32.3 Å². The molecule has 1 aliphatic rings. The Morgan fingerprint density at radius 2 is 1.41 bits per heavy atom. The lowest BCUT2D eigenvalue weighted by atomic mass is 9.83. The van der Waals surface area contributed by atoms with Gasteiger partial charge in [0.05, 0.1) is 0 Å². The highest BCUT2D eigenvalue weighted by Gasteiger charge is 2.18. The molecule has 6 heteroatoms. The summed E-state index contributed by atoms with van der Waals surface area (Å²) in [6, 6.07) is 4.81. The maximum Gasteiger partial charge on any atom is 0.300 e. The maximum atomic E-state index is 9.68. The molecule has 0 amide bonds. The van der Waals surface area contributed by atoms with Gasteiger partial charge in [0.15, 0.2) is 0 Å². The zero-order chi connectivity index (χ0) is 17.1. The standard InChI is InChI=1S/C12H16O2.2C2H4O2/c13-10-6-7-12(14)11(8-10)9-4-2-1-3-5-9;2*1-2(3)4/h6-9,13-14H,1-5H2;2*1H3,(H,3,4). The molecule has 0 radical (unpaired) electrons. The Labute approximate surface area is 130 Å². The van der Waals surface area contributed by atoms with E-state index >= 15 is 0 Å². The number of aromatic hydroxyl groups is 2. The Kier molecular flexibility index (Phi) is 9.41. The van der Waals surface area contributed by atoms with Gasteiger partial charge in [0.2, 0.25) is 0 Å². The van der Waals surface area contributed by atoms with Crippen molar-refractivity contribution >= 4 is 11.9 Å². The van der Waals surface area contributed by atoms with Gasteiger partial charge in [-0.25, -0.2) is 0 Å². The summed E-state index contributed by atoms with van der Waals surface area (Å²) in [6.45, 7) is 2.17. The smallest absolute Gasteiger partial charge is 0.300 e. The van der Waals surface area contributed by atoms with E-state index in [2.05, 4.69) is 0 Å². The Balaban J connectivity index is 0.000000464. The largest absolute Gasteiger partial charge is 0.508 e. The normalized spacial score (nSPS) is 13.9. The predicted molar refractivity (Wildman–Crippen MR) is 82.2 cm³/mol. The summed E-state index contributed by atoms with van der Waals surface area (Å²) in [5.41, 5.74) is 0.921. The number of rotatable bonds is 1. The minimum absolute atomic E-state index is 0.253. The third kappa shape index (κ3) is 9.63. The fourth-order valence-electron chi connectivity index (χ4n) is 2.28. The monoisotopic (exact) mass is 312 g/mol. The van der Waals surface area contributed by atoms with Crippen LogP contribution in [0, 0.1) is 0 Å². The van der Waals surface area contributed by atoms with Gasteiger partial charge in [0.25, 0.3) is 11.9 Å². The van der Waals surface area contributed by atoms with Gasteiger partial charge >= 0.3 is 0 Å². The molecule has 4 N–H and O–H groups in total. The van der Waals surface area contributed by atoms with Crippen LogP contribution in [0.3, 0.4) is 0 Å². The van der Waals surface area contributed by atoms with Crippen LogP contribution in [0.15, 0.2) is 18.2 Å². The Bertz CT molecular complexity index is 458. The summed E-state index contributed by atoms with van der Waals surface area (Å²) >= 11 is 0. The van der Waals surface area contributed by atoms with E-state index in [1.807, 2.05) is 0 Å². The number of hydrogen-bond donors (Lipinski definition) is 4. The number of phenols is 2. The van der Waals surface area contributed by atoms with Crippen molar-refractivity contribution in [2.45, 2.75) is 51.9 Å². The topological polar surface area (TPSA) is 115 Å². The van der Waals surface area contributed by atoms with E-state index in [9.17, 15) is 10.2 Å². The highest BCUT2D eigenvalue weighted by molar-refractivity contribution is 5.63. The highest BCUT2D eigenvalue weighted by Crippen LogP contribution is 2.38. The Morgan fingerprint density at radius 3 is 1.86 bits per heavy atom. The van der Waals surface area contributed by atoms with Gasteiger partial charge in [-0.1, -0.05) is 19.3 Å². The number of benzene rings is 1. The maximum absolute atomic E-state index is 9.68. The van der Waals surface area contributed by atoms with Crippen molar-refractivity contribution < 1.29 is 30.0 Å². The number of carbonyl (C=O) groups is 2. The highest BCUT2D eigenvalue weighted by atomic mass is 16.4. The van der Waals surface area contributed by atoms with Crippen LogP contribution in [0.2, 0.25) is 0 Å². The third-order valence-corrected chi connectivity index (χ3v) is 3.06. The molecule has 1 saturated carbocycles. The van der Waals surface area contributed by atoms with E-state index in [0.29, 0.717) is 11.7 Å². The molecule has 22 heavy (non-hydrogen) atoms. The van der Waals surface area contributed by atoms with E-state index in [1.54, 1.807) is 12.1 Å². The second-order valence-corrected chi connectivity index (χ2v) is 5.12. The van der Waals surface area contributed by atoms with Gasteiger partial charge in [-0.05, 0) is 37.0 Å². The molecule has 2 rings (SSSR count). The molecule has 0 atom stereocenters. The number of hydrogen-bond acceptors (Lipinski definition) is 4. The van der Waals surface area contributed by atoms with Crippen molar-refractivity contribution in [3.05, 3.63) is 23.8 Å². The SMILES string of the molecule is CC(=O)O.CC(=O)O.Oc1ccc(O)c(C2CCCCC2)c1. The first-order chi connectivity index (χ1) is 10.2. The molecule has 0 spiro atoms. The number of carboxylic acid groups (broad SMARTS) is 2. The van der Waals surface area contributed by atoms with E-state index < -0.39 is 11.9 Å². The molecular weight excluding hydrogens is 288 g/mol. The molecule has 0 unspecified atom stereocenters. The molecule has 1 fully saturated rings. The van der Waals surface area contributed by atoms with Crippen LogP contribution in [-0.4, -0.2) is 32.4 Å². The molecule has 0 bridgehead atoms. The van der Waals surface area contributed by atoms with Gasteiger partial charge in [0, 0.05) is 19.4 Å². The van der Waals surface area contributed by atoms with Gasteiger partial charge in [0.1, 0.15) is 11.5 Å². The lowest BCUT2D eigenvalue weighted by Gasteiger charge is -2.22. The van der Waals surface area contributed by atoms with Gasteiger partial charge in [-0.15, -0.1) is 0 Å². The van der Waals surface area contributed by atoms with Gasteiger partial charge in [-0.2, -0.15) is 0 Å². The third-order valence-electron chi connectivity index (χ3n) is 3.06. The molecule has 1 aromatic rings. The van der Waals surface area contributed by atoms with Crippen LogP contribution in [0.5, 0.6) is 11.5 Å². The molecule has 6 nitrogen and oxygen atoms in total. The van der Waals surface area contributed by atoms with Crippen LogP contribution in [0.1, 0.15) is 57.4 Å². The molecule has 124 valence electrons. The average Bonchev–Trinajstić information content (AvgIpc) is 2.41. The minimum Gasteiger partial charge on any atom is -0.508 e. The second kappa shape index (κ2) is 10.5. The van der Waals surface area contributed by atoms with E-state index in [-0.39, 0.29) is 5.75 Å². The van der Waals surface area contributed by atoms with Crippen molar-refractivity contribution in [3.63, 3.8) is 0 Å². The second-order valence-electron chi connectivity index (χ2n) is 5.12. The van der Waals surface area contributed by atoms with E-state index in [1.165, 1.54) is 25.3 Å². The predicted octanol–water partition coefficient (Wildman–Crippen LogP) is 3.33. The molecule has 0 saturated heterocycles. The number of aliphatic carboxylic acids is 2. The van der Waals surface area contributed by atoms with Crippen LogP contribution >= 0.6 is 0 Å². The number of phenolic OH excluding ortho intramolecular Hbond substituents is 2. The lowest BCUT2D eigenvalue weighted by Crippen LogP contribution is -2.04.